The smallest absolute Gasteiger partial charge is 0.267 e. The largest absolute Gasteiger partial charge is 0.326 e. The molecule has 0 bridgehead atoms. The molecule has 2 N–H and O–H groups in total. The van der Waals surface area contributed by atoms with E-state index in [0.29, 0.717) is 12.8 Å². The van der Waals surface area contributed by atoms with E-state index in [4.69, 9.17) is 5.73 Å². The lowest BCUT2D eigenvalue weighted by Gasteiger charge is -2.08. The topological polar surface area (TPSA) is 38.9 Å². The molecular weight excluding hydrogens is 404 g/mol. The van der Waals surface area contributed by atoms with Gasteiger partial charge in [-0.2, -0.15) is 0 Å². The molecular formula is C7H6F2I2N2. The SMILES string of the molecule is NCc1cnc(I)c(C(F)F)c1I. The lowest BCUT2D eigenvalue weighted by molar-refractivity contribution is 0.148. The maximum Gasteiger partial charge on any atom is 0.267 e. The van der Waals surface area contributed by atoms with Crippen molar-refractivity contribution in [3.63, 3.8) is 0 Å². The average molecular weight is 410 g/mol. The Morgan fingerprint density at radius 1 is 1.46 bits per heavy atom. The van der Waals surface area contributed by atoms with Gasteiger partial charge in [-0.15, -0.1) is 0 Å². The summed E-state index contributed by atoms with van der Waals surface area (Å²) >= 11 is 3.67. The van der Waals surface area contributed by atoms with Crippen LogP contribution >= 0.6 is 45.2 Å². The molecule has 0 aliphatic rings. The average Bonchev–Trinajstić information content (AvgIpc) is 2.04. The number of nitrogens with zero attached hydrogens (tertiary/aromatic N) is 1. The zero-order valence-corrected chi connectivity index (χ0v) is 10.7. The van der Waals surface area contributed by atoms with E-state index in [2.05, 4.69) is 4.98 Å². The number of hydrogen-bond acceptors (Lipinski definition) is 2. The highest BCUT2D eigenvalue weighted by atomic mass is 127. The van der Waals surface area contributed by atoms with Gasteiger partial charge in [0.25, 0.3) is 6.43 Å². The second kappa shape index (κ2) is 4.78. The fraction of sp³-hybridized carbons (Fsp3) is 0.286. The first kappa shape index (κ1) is 11.5. The summed E-state index contributed by atoms with van der Waals surface area (Å²) in [5, 5.41) is 0. The van der Waals surface area contributed by atoms with Crippen molar-refractivity contribution in [3.05, 3.63) is 24.6 Å². The van der Waals surface area contributed by atoms with Crippen molar-refractivity contribution in [2.24, 2.45) is 5.73 Å². The minimum absolute atomic E-state index is 0.0100. The third-order valence-electron chi connectivity index (χ3n) is 1.51. The molecule has 1 rings (SSSR count). The van der Waals surface area contributed by atoms with Gasteiger partial charge in [-0.25, -0.2) is 13.8 Å². The third-order valence-corrected chi connectivity index (χ3v) is 3.65. The Balaban J connectivity index is 3.30. The molecule has 0 aliphatic heterocycles. The van der Waals surface area contributed by atoms with Crippen LogP contribution in [0.2, 0.25) is 0 Å². The maximum atomic E-state index is 12.5. The highest BCUT2D eigenvalue weighted by Crippen LogP contribution is 2.29. The fourth-order valence-corrected chi connectivity index (χ4v) is 2.86. The summed E-state index contributed by atoms with van der Waals surface area (Å²) < 4.78 is 25.9. The molecule has 13 heavy (non-hydrogen) atoms. The van der Waals surface area contributed by atoms with Gasteiger partial charge in [0.1, 0.15) is 3.70 Å². The van der Waals surface area contributed by atoms with Crippen molar-refractivity contribution in [2.45, 2.75) is 13.0 Å². The van der Waals surface area contributed by atoms with Crippen LogP contribution in [0.25, 0.3) is 0 Å². The van der Waals surface area contributed by atoms with E-state index in [1.165, 1.54) is 6.20 Å². The Hall–Kier alpha value is 0.430. The molecule has 1 aromatic rings. The first-order chi connectivity index (χ1) is 6.07. The number of nitrogens with two attached hydrogens (primary N) is 1. The molecule has 0 amide bonds. The van der Waals surface area contributed by atoms with Gasteiger partial charge in [0, 0.05) is 16.3 Å². The van der Waals surface area contributed by atoms with Crippen molar-refractivity contribution >= 4 is 45.2 Å². The second-order valence-electron chi connectivity index (χ2n) is 2.31. The minimum atomic E-state index is -2.49. The molecule has 0 spiro atoms. The summed E-state index contributed by atoms with van der Waals surface area (Å²) in [6, 6.07) is 0. The quantitative estimate of drug-likeness (QED) is 0.602. The summed E-state index contributed by atoms with van der Waals surface area (Å²) in [6.07, 6.45) is -0.951. The van der Waals surface area contributed by atoms with E-state index in [-0.39, 0.29) is 12.1 Å². The highest BCUT2D eigenvalue weighted by Gasteiger charge is 2.18. The maximum absolute atomic E-state index is 12.5. The Labute approximate surface area is 102 Å². The van der Waals surface area contributed by atoms with Crippen LogP contribution in [-0.2, 0) is 6.54 Å². The number of aromatic nitrogens is 1. The van der Waals surface area contributed by atoms with Gasteiger partial charge < -0.3 is 5.73 Å². The van der Waals surface area contributed by atoms with Crippen molar-refractivity contribution in [3.8, 4) is 0 Å². The van der Waals surface area contributed by atoms with Crippen molar-refractivity contribution in [2.75, 3.05) is 0 Å². The van der Waals surface area contributed by atoms with Gasteiger partial charge >= 0.3 is 0 Å². The van der Waals surface area contributed by atoms with Crippen LogP contribution in [0.1, 0.15) is 17.6 Å². The Morgan fingerprint density at radius 2 is 2.08 bits per heavy atom. The van der Waals surface area contributed by atoms with Gasteiger partial charge in [0.2, 0.25) is 0 Å². The lowest BCUT2D eigenvalue weighted by atomic mass is 10.2. The molecule has 0 saturated carbocycles. The van der Waals surface area contributed by atoms with E-state index in [1.807, 2.05) is 22.6 Å². The molecule has 0 aliphatic carbocycles. The first-order valence-electron chi connectivity index (χ1n) is 3.39. The van der Waals surface area contributed by atoms with Crippen LogP contribution in [0.4, 0.5) is 8.78 Å². The Kier molecular flexibility index (Phi) is 4.23. The van der Waals surface area contributed by atoms with Crippen molar-refractivity contribution in [1.82, 2.24) is 4.98 Å². The van der Waals surface area contributed by atoms with Gasteiger partial charge in [-0.05, 0) is 50.7 Å². The molecule has 0 radical (unpaired) electrons. The number of pyridine rings is 1. The van der Waals surface area contributed by atoms with E-state index in [1.54, 1.807) is 22.6 Å². The van der Waals surface area contributed by atoms with E-state index in [9.17, 15) is 8.78 Å². The normalized spacial score (nSPS) is 10.9. The van der Waals surface area contributed by atoms with Gasteiger partial charge in [-0.3, -0.25) is 0 Å². The predicted molar refractivity (Wildman–Crippen MR) is 62.5 cm³/mol. The first-order valence-corrected chi connectivity index (χ1v) is 5.54. The molecule has 0 saturated heterocycles. The fourth-order valence-electron chi connectivity index (χ4n) is 0.852. The van der Waals surface area contributed by atoms with Crippen molar-refractivity contribution < 1.29 is 8.78 Å². The molecule has 0 atom stereocenters. The summed E-state index contributed by atoms with van der Waals surface area (Å²) in [5.74, 6) is 0. The Bertz CT molecular complexity index is 318. The predicted octanol–water partition coefficient (Wildman–Crippen LogP) is 2.69. The monoisotopic (exact) mass is 410 g/mol. The van der Waals surface area contributed by atoms with Crippen LogP contribution < -0.4 is 5.73 Å². The van der Waals surface area contributed by atoms with Crippen LogP contribution in [0.5, 0.6) is 0 Å². The van der Waals surface area contributed by atoms with Gasteiger partial charge in [0.15, 0.2) is 0 Å². The molecule has 0 fully saturated rings. The molecule has 72 valence electrons. The molecule has 1 heterocycles. The van der Waals surface area contributed by atoms with E-state index in [0.717, 1.165) is 0 Å². The summed E-state index contributed by atoms with van der Waals surface area (Å²) in [7, 11) is 0. The third kappa shape index (κ3) is 2.46. The standard InChI is InChI=1S/C7H6F2I2N2/c8-6(9)4-5(10)3(1-12)2-13-7(4)11/h2,6H,1,12H2. The van der Waals surface area contributed by atoms with Crippen LogP contribution in [0, 0.1) is 7.27 Å². The lowest BCUT2D eigenvalue weighted by Crippen LogP contribution is -2.06. The molecule has 1 aromatic heterocycles. The van der Waals surface area contributed by atoms with E-state index >= 15 is 0 Å². The minimum Gasteiger partial charge on any atom is -0.326 e. The molecule has 2 nitrogen and oxygen atoms in total. The zero-order valence-electron chi connectivity index (χ0n) is 6.40. The molecule has 0 aromatic carbocycles. The van der Waals surface area contributed by atoms with Gasteiger partial charge in [0.05, 0.1) is 5.56 Å². The number of alkyl halides is 2. The Morgan fingerprint density at radius 3 is 2.54 bits per heavy atom. The van der Waals surface area contributed by atoms with Crippen LogP contribution in [0.3, 0.4) is 0 Å². The summed E-state index contributed by atoms with van der Waals surface area (Å²) in [6.45, 7) is 0.238. The second-order valence-corrected chi connectivity index (χ2v) is 4.41. The number of halogens is 4. The van der Waals surface area contributed by atoms with Crippen LogP contribution in [-0.4, -0.2) is 4.98 Å². The van der Waals surface area contributed by atoms with Crippen LogP contribution in [0.15, 0.2) is 6.20 Å². The number of rotatable bonds is 2. The number of hydrogen-bond donors (Lipinski definition) is 1. The van der Waals surface area contributed by atoms with Crippen molar-refractivity contribution in [1.29, 1.82) is 0 Å². The molecule has 6 heteroatoms. The summed E-state index contributed by atoms with van der Waals surface area (Å²) in [4.78, 5) is 3.85. The highest BCUT2D eigenvalue weighted by molar-refractivity contribution is 14.1. The van der Waals surface area contributed by atoms with Gasteiger partial charge in [-0.1, -0.05) is 0 Å². The summed E-state index contributed by atoms with van der Waals surface area (Å²) in [5.41, 5.74) is 6.03. The molecule has 0 unspecified atom stereocenters. The zero-order chi connectivity index (χ0) is 10.0. The van der Waals surface area contributed by atoms with E-state index < -0.39 is 6.43 Å².